The van der Waals surface area contributed by atoms with Crippen molar-refractivity contribution >= 4 is 39.2 Å². The summed E-state index contributed by atoms with van der Waals surface area (Å²) in [6.45, 7) is 0.514. The van der Waals surface area contributed by atoms with Crippen molar-refractivity contribution in [3.8, 4) is 5.69 Å². The number of amides is 1. The highest BCUT2D eigenvalue weighted by Gasteiger charge is 2.11. The molecule has 1 N–H and O–H groups in total. The van der Waals surface area contributed by atoms with Gasteiger partial charge in [-0.05, 0) is 59.0 Å². The number of hydrogen-bond donors (Lipinski definition) is 1. The molecule has 0 radical (unpaired) electrons. The van der Waals surface area contributed by atoms with E-state index in [1.54, 1.807) is 18.2 Å². The fourth-order valence-corrected chi connectivity index (χ4v) is 4.45. The zero-order valence-electron chi connectivity index (χ0n) is 18.9. The summed E-state index contributed by atoms with van der Waals surface area (Å²) in [4.78, 5) is 25.2. The van der Waals surface area contributed by atoms with Crippen LogP contribution in [0.3, 0.4) is 0 Å². The number of rotatable bonds is 7. The van der Waals surface area contributed by atoms with Gasteiger partial charge >= 0.3 is 0 Å². The fourth-order valence-electron chi connectivity index (χ4n) is 4.20. The van der Waals surface area contributed by atoms with Gasteiger partial charge in [-0.25, -0.2) is 0 Å². The maximum Gasteiger partial charge on any atom is 0.283 e. The summed E-state index contributed by atoms with van der Waals surface area (Å²) in [5.41, 5.74) is 2.96. The molecule has 4 aromatic carbocycles. The van der Waals surface area contributed by atoms with Gasteiger partial charge in [0.2, 0.25) is 5.91 Å². The Hall–Kier alpha value is -4.03. The lowest BCUT2D eigenvalue weighted by atomic mass is 10.0. The van der Waals surface area contributed by atoms with E-state index in [0.717, 1.165) is 29.4 Å². The Labute approximate surface area is 207 Å². The number of nitrogens with zero attached hydrogens (tertiary/aromatic N) is 3. The van der Waals surface area contributed by atoms with Crippen molar-refractivity contribution in [1.29, 1.82) is 0 Å². The van der Waals surface area contributed by atoms with Crippen molar-refractivity contribution in [1.82, 2.24) is 20.3 Å². The third kappa shape index (κ3) is 4.93. The Morgan fingerprint density at radius 2 is 1.69 bits per heavy atom. The van der Waals surface area contributed by atoms with Crippen LogP contribution < -0.4 is 10.9 Å². The lowest BCUT2D eigenvalue weighted by Crippen LogP contribution is -2.23. The first-order chi connectivity index (χ1) is 17.1. The van der Waals surface area contributed by atoms with Gasteiger partial charge in [0, 0.05) is 13.0 Å². The lowest BCUT2D eigenvalue weighted by molar-refractivity contribution is -0.121. The summed E-state index contributed by atoms with van der Waals surface area (Å²) in [6, 6.07) is 27.0. The van der Waals surface area contributed by atoms with Crippen LogP contribution in [0.1, 0.15) is 24.0 Å². The van der Waals surface area contributed by atoms with Crippen LogP contribution in [-0.4, -0.2) is 20.9 Å². The third-order valence-corrected chi connectivity index (χ3v) is 6.36. The molecule has 0 aliphatic carbocycles. The topological polar surface area (TPSA) is 76.9 Å². The Bertz CT molecular complexity index is 1570. The first kappa shape index (κ1) is 22.7. The van der Waals surface area contributed by atoms with Gasteiger partial charge in [0.25, 0.3) is 5.56 Å². The molecule has 0 saturated carbocycles. The highest BCUT2D eigenvalue weighted by Crippen LogP contribution is 2.19. The van der Waals surface area contributed by atoms with Crippen LogP contribution in [0.5, 0.6) is 0 Å². The Morgan fingerprint density at radius 1 is 0.914 bits per heavy atom. The van der Waals surface area contributed by atoms with Crippen LogP contribution in [0.15, 0.2) is 89.7 Å². The predicted octanol–water partition coefficient (Wildman–Crippen LogP) is 5.23. The summed E-state index contributed by atoms with van der Waals surface area (Å²) in [5, 5.41) is 14.2. The van der Waals surface area contributed by atoms with Crippen molar-refractivity contribution in [3.05, 3.63) is 111 Å². The highest BCUT2D eigenvalue weighted by molar-refractivity contribution is 6.35. The summed E-state index contributed by atoms with van der Waals surface area (Å²) in [6.07, 6.45) is 1.93. The van der Waals surface area contributed by atoms with E-state index in [0.29, 0.717) is 34.6 Å². The SMILES string of the molecule is O=C(CCCc1ccc(-n2nnc3cccc(Cl)c3c2=O)cc1)NCc1cccc2ccccc12. The summed E-state index contributed by atoms with van der Waals surface area (Å²) < 4.78 is 1.25. The van der Waals surface area contributed by atoms with Crippen molar-refractivity contribution in [2.75, 3.05) is 0 Å². The quantitative estimate of drug-likeness (QED) is 0.345. The fraction of sp³-hybridized carbons (Fsp3) is 0.143. The average molecular weight is 483 g/mol. The maximum atomic E-state index is 12.8. The normalized spacial score (nSPS) is 11.1. The van der Waals surface area contributed by atoms with Gasteiger partial charge in [0.15, 0.2) is 0 Å². The van der Waals surface area contributed by atoms with Crippen LogP contribution >= 0.6 is 11.6 Å². The van der Waals surface area contributed by atoms with E-state index < -0.39 is 0 Å². The molecule has 0 bridgehead atoms. The molecule has 1 heterocycles. The zero-order chi connectivity index (χ0) is 24.2. The van der Waals surface area contributed by atoms with E-state index in [4.69, 9.17) is 11.6 Å². The predicted molar refractivity (Wildman–Crippen MR) is 139 cm³/mol. The molecule has 0 saturated heterocycles. The molecule has 174 valence electrons. The molecular formula is C28H23ClN4O2. The van der Waals surface area contributed by atoms with E-state index in [1.165, 1.54) is 10.1 Å². The second kappa shape index (κ2) is 10.1. The van der Waals surface area contributed by atoms with Gasteiger partial charge < -0.3 is 5.32 Å². The molecule has 1 amide bonds. The molecule has 0 aliphatic rings. The van der Waals surface area contributed by atoms with E-state index in [2.05, 4.69) is 33.8 Å². The van der Waals surface area contributed by atoms with E-state index in [9.17, 15) is 9.59 Å². The number of aryl methyl sites for hydroxylation is 1. The number of hydrogen-bond acceptors (Lipinski definition) is 4. The smallest absolute Gasteiger partial charge is 0.283 e. The molecule has 7 heteroatoms. The van der Waals surface area contributed by atoms with Crippen molar-refractivity contribution in [2.45, 2.75) is 25.8 Å². The van der Waals surface area contributed by atoms with Gasteiger partial charge in [-0.3, -0.25) is 9.59 Å². The van der Waals surface area contributed by atoms with Crippen LogP contribution in [0.4, 0.5) is 0 Å². The number of benzene rings is 4. The highest BCUT2D eigenvalue weighted by atomic mass is 35.5. The van der Waals surface area contributed by atoms with E-state index in [1.807, 2.05) is 48.5 Å². The molecule has 0 fully saturated rings. The number of nitrogens with one attached hydrogen (secondary N) is 1. The average Bonchev–Trinajstić information content (AvgIpc) is 2.88. The number of fused-ring (bicyclic) bond motifs is 2. The summed E-state index contributed by atoms with van der Waals surface area (Å²) in [5.74, 6) is 0.0319. The molecule has 35 heavy (non-hydrogen) atoms. The van der Waals surface area contributed by atoms with Crippen LogP contribution in [0.25, 0.3) is 27.4 Å². The molecular weight excluding hydrogens is 460 g/mol. The zero-order valence-corrected chi connectivity index (χ0v) is 19.7. The van der Waals surface area contributed by atoms with E-state index in [-0.39, 0.29) is 11.5 Å². The largest absolute Gasteiger partial charge is 0.352 e. The third-order valence-electron chi connectivity index (χ3n) is 6.05. The van der Waals surface area contributed by atoms with Crippen molar-refractivity contribution in [2.24, 2.45) is 0 Å². The Kier molecular flexibility index (Phi) is 6.55. The number of carbonyl (C=O) groups excluding carboxylic acids is 1. The van der Waals surface area contributed by atoms with Gasteiger partial charge in [0.1, 0.15) is 5.52 Å². The minimum Gasteiger partial charge on any atom is -0.352 e. The first-order valence-corrected chi connectivity index (χ1v) is 11.8. The Morgan fingerprint density at radius 3 is 2.54 bits per heavy atom. The Balaban J connectivity index is 1.17. The minimum atomic E-state index is -0.309. The molecule has 5 aromatic rings. The lowest BCUT2D eigenvalue weighted by Gasteiger charge is -2.09. The number of halogens is 1. The van der Waals surface area contributed by atoms with E-state index >= 15 is 0 Å². The minimum absolute atomic E-state index is 0.0319. The van der Waals surface area contributed by atoms with Gasteiger partial charge in [-0.2, -0.15) is 4.68 Å². The van der Waals surface area contributed by atoms with Gasteiger partial charge in [-0.1, -0.05) is 77.5 Å². The monoisotopic (exact) mass is 482 g/mol. The molecule has 0 spiro atoms. The second-order valence-electron chi connectivity index (χ2n) is 8.38. The van der Waals surface area contributed by atoms with Crippen LogP contribution in [0, 0.1) is 0 Å². The van der Waals surface area contributed by atoms with Gasteiger partial charge in [0.05, 0.1) is 16.1 Å². The molecule has 0 atom stereocenters. The maximum absolute atomic E-state index is 12.8. The summed E-state index contributed by atoms with van der Waals surface area (Å²) >= 11 is 6.20. The molecule has 0 aliphatic heterocycles. The van der Waals surface area contributed by atoms with Gasteiger partial charge in [-0.15, -0.1) is 5.10 Å². The first-order valence-electron chi connectivity index (χ1n) is 11.5. The molecule has 1 aromatic heterocycles. The van der Waals surface area contributed by atoms with Crippen LogP contribution in [-0.2, 0) is 17.8 Å². The molecule has 5 rings (SSSR count). The van der Waals surface area contributed by atoms with Crippen LogP contribution in [0.2, 0.25) is 5.02 Å². The molecule has 6 nitrogen and oxygen atoms in total. The second-order valence-corrected chi connectivity index (χ2v) is 8.78. The molecule has 0 unspecified atom stereocenters. The van der Waals surface area contributed by atoms with Crippen molar-refractivity contribution in [3.63, 3.8) is 0 Å². The summed E-state index contributed by atoms with van der Waals surface area (Å²) in [7, 11) is 0. The van der Waals surface area contributed by atoms with Crippen molar-refractivity contribution < 1.29 is 4.79 Å². The number of carbonyl (C=O) groups is 1. The number of aromatic nitrogens is 3. The standard InChI is InChI=1S/C28H23ClN4O2/c29-24-11-5-12-25-27(24)28(35)33(32-31-25)22-16-14-19(15-17-22)6-3-13-26(34)30-18-21-9-4-8-20-7-1-2-10-23(20)21/h1-2,4-5,7-12,14-17H,3,6,13,18H2,(H,30,34).